The average Bonchev–Trinajstić information content (AvgIpc) is 2.09. The Kier molecular flexibility index (Phi) is 6.01. The van der Waals surface area contributed by atoms with Crippen molar-refractivity contribution in [2.75, 3.05) is 14.2 Å². The van der Waals surface area contributed by atoms with Gasteiger partial charge in [-0.15, -0.1) is 12.4 Å². The van der Waals surface area contributed by atoms with Crippen LogP contribution in [-0.2, 0) is 8.85 Å². The fourth-order valence-electron chi connectivity index (χ4n) is 0.893. The zero-order valence-electron chi connectivity index (χ0n) is 7.11. The molecule has 0 saturated heterocycles. The monoisotopic (exact) mass is 203 g/mol. The molecule has 0 bridgehead atoms. The summed E-state index contributed by atoms with van der Waals surface area (Å²) in [5, 5.41) is 1.14. The number of rotatable bonds is 3. The van der Waals surface area contributed by atoms with Gasteiger partial charge in [0.25, 0.3) is 0 Å². The van der Waals surface area contributed by atoms with Crippen LogP contribution in [0.15, 0.2) is 30.3 Å². The van der Waals surface area contributed by atoms with Gasteiger partial charge in [0.1, 0.15) is 0 Å². The highest BCUT2D eigenvalue weighted by Crippen LogP contribution is 1.89. The summed E-state index contributed by atoms with van der Waals surface area (Å²) in [6.45, 7) is 0. The lowest BCUT2D eigenvalue weighted by Gasteiger charge is -2.07. The molecule has 0 aliphatic heterocycles. The van der Waals surface area contributed by atoms with Gasteiger partial charge in [-0.2, -0.15) is 0 Å². The number of hydrogen-bond donors (Lipinski definition) is 0. The molecule has 0 amide bonds. The Balaban J connectivity index is 0.00000121. The third-order valence-electron chi connectivity index (χ3n) is 1.38. The second-order valence-corrected chi connectivity index (χ2v) is 4.03. The van der Waals surface area contributed by atoms with Crippen LogP contribution in [0.25, 0.3) is 0 Å². The molecule has 0 aliphatic rings. The second-order valence-electron chi connectivity index (χ2n) is 2.06. The molecular weight excluding hydrogens is 192 g/mol. The second kappa shape index (κ2) is 6.19. The lowest BCUT2D eigenvalue weighted by molar-refractivity contribution is 0.292. The zero-order chi connectivity index (χ0) is 8.10. The van der Waals surface area contributed by atoms with Crippen molar-refractivity contribution in [2.45, 2.75) is 0 Å². The molecule has 4 heteroatoms. The Morgan fingerprint density at radius 1 is 1.00 bits per heavy atom. The van der Waals surface area contributed by atoms with Crippen LogP contribution in [0.2, 0.25) is 0 Å². The molecule has 0 aliphatic carbocycles. The SMILES string of the molecule is CO[Si](OC)c1ccccc1.Cl. The molecule has 0 spiro atoms. The minimum Gasteiger partial charge on any atom is -0.393 e. The maximum absolute atomic E-state index is 5.17. The minimum absolute atomic E-state index is 0. The molecule has 0 heterocycles. The predicted octanol–water partition coefficient (Wildman–Crippen LogP) is 1.10. The Hall–Kier alpha value is -0.353. The van der Waals surface area contributed by atoms with E-state index in [1.54, 1.807) is 14.2 Å². The standard InChI is InChI=1S/C8H11O2Si.ClH/c1-9-11(10-2)8-6-4-3-5-7-8;/h3-7H,1-2H3;1H. The Labute approximate surface area is 80.8 Å². The van der Waals surface area contributed by atoms with Crippen molar-refractivity contribution in [2.24, 2.45) is 0 Å². The van der Waals surface area contributed by atoms with Crippen LogP contribution in [0.5, 0.6) is 0 Å². The molecule has 0 N–H and O–H groups in total. The van der Waals surface area contributed by atoms with E-state index in [2.05, 4.69) is 0 Å². The highest BCUT2D eigenvalue weighted by molar-refractivity contribution is 6.61. The Bertz CT molecular complexity index is 201. The van der Waals surface area contributed by atoms with Crippen molar-refractivity contribution in [1.82, 2.24) is 0 Å². The van der Waals surface area contributed by atoms with E-state index in [0.29, 0.717) is 0 Å². The fraction of sp³-hybridized carbons (Fsp3) is 0.250. The van der Waals surface area contributed by atoms with Crippen LogP contribution in [0.4, 0.5) is 0 Å². The molecule has 0 atom stereocenters. The molecule has 0 saturated carbocycles. The van der Waals surface area contributed by atoms with E-state index in [-0.39, 0.29) is 12.4 Å². The molecule has 0 aromatic heterocycles. The minimum atomic E-state index is -1.20. The van der Waals surface area contributed by atoms with Crippen LogP contribution in [0.3, 0.4) is 0 Å². The van der Waals surface area contributed by atoms with Crippen molar-refractivity contribution < 1.29 is 8.85 Å². The van der Waals surface area contributed by atoms with Gasteiger partial charge in [0.05, 0.1) is 0 Å². The van der Waals surface area contributed by atoms with Gasteiger partial charge in [-0.3, -0.25) is 0 Å². The first-order valence-electron chi connectivity index (χ1n) is 3.39. The number of halogens is 1. The lowest BCUT2D eigenvalue weighted by Crippen LogP contribution is -2.34. The third kappa shape index (κ3) is 2.95. The molecule has 1 aromatic carbocycles. The summed E-state index contributed by atoms with van der Waals surface area (Å²) >= 11 is 0. The summed E-state index contributed by atoms with van der Waals surface area (Å²) in [4.78, 5) is 0. The van der Waals surface area contributed by atoms with Crippen molar-refractivity contribution >= 4 is 26.9 Å². The van der Waals surface area contributed by atoms with Crippen molar-refractivity contribution in [3.63, 3.8) is 0 Å². The average molecular weight is 204 g/mol. The van der Waals surface area contributed by atoms with Crippen LogP contribution >= 0.6 is 12.4 Å². The summed E-state index contributed by atoms with van der Waals surface area (Å²) in [6, 6.07) is 9.98. The van der Waals surface area contributed by atoms with Gasteiger partial charge >= 0.3 is 9.28 Å². The molecule has 1 aromatic rings. The molecule has 1 rings (SSSR count). The molecule has 2 nitrogen and oxygen atoms in total. The Morgan fingerprint density at radius 3 is 1.92 bits per heavy atom. The van der Waals surface area contributed by atoms with Crippen LogP contribution < -0.4 is 5.19 Å². The maximum atomic E-state index is 5.17. The van der Waals surface area contributed by atoms with Crippen molar-refractivity contribution in [3.05, 3.63) is 30.3 Å². The van der Waals surface area contributed by atoms with E-state index in [4.69, 9.17) is 8.85 Å². The maximum Gasteiger partial charge on any atom is 0.423 e. The number of hydrogen-bond acceptors (Lipinski definition) is 2. The van der Waals surface area contributed by atoms with Gasteiger partial charge in [-0.25, -0.2) is 0 Å². The lowest BCUT2D eigenvalue weighted by atomic mass is 10.4. The summed E-state index contributed by atoms with van der Waals surface area (Å²) in [5.74, 6) is 0. The first kappa shape index (κ1) is 11.6. The molecule has 0 fully saturated rings. The van der Waals surface area contributed by atoms with Crippen molar-refractivity contribution in [1.29, 1.82) is 0 Å². The van der Waals surface area contributed by atoms with Gasteiger partial charge < -0.3 is 8.85 Å². The first-order chi connectivity index (χ1) is 5.38. The zero-order valence-corrected chi connectivity index (χ0v) is 8.93. The number of benzene rings is 1. The van der Waals surface area contributed by atoms with Crippen LogP contribution in [0.1, 0.15) is 0 Å². The van der Waals surface area contributed by atoms with E-state index in [0.717, 1.165) is 5.19 Å². The first-order valence-corrected chi connectivity index (χ1v) is 4.70. The molecule has 1 radical (unpaired) electrons. The fourth-order valence-corrected chi connectivity index (χ4v) is 2.00. The van der Waals surface area contributed by atoms with Crippen molar-refractivity contribution in [3.8, 4) is 0 Å². The van der Waals surface area contributed by atoms with Gasteiger partial charge in [-0.05, 0) is 5.19 Å². The predicted molar refractivity (Wildman–Crippen MR) is 53.1 cm³/mol. The van der Waals surface area contributed by atoms with E-state index < -0.39 is 9.28 Å². The molecule has 0 unspecified atom stereocenters. The summed E-state index contributed by atoms with van der Waals surface area (Å²) in [6.07, 6.45) is 0. The largest absolute Gasteiger partial charge is 0.423 e. The van der Waals surface area contributed by atoms with Crippen LogP contribution in [0, 0.1) is 0 Å². The van der Waals surface area contributed by atoms with Gasteiger partial charge in [0.15, 0.2) is 0 Å². The van der Waals surface area contributed by atoms with E-state index in [1.807, 2.05) is 30.3 Å². The molecular formula is C8H12ClO2Si. The van der Waals surface area contributed by atoms with Gasteiger partial charge in [-0.1, -0.05) is 30.3 Å². The topological polar surface area (TPSA) is 18.5 Å². The smallest absolute Gasteiger partial charge is 0.393 e. The summed E-state index contributed by atoms with van der Waals surface area (Å²) < 4.78 is 10.3. The van der Waals surface area contributed by atoms with Gasteiger partial charge in [0.2, 0.25) is 0 Å². The molecule has 67 valence electrons. The summed E-state index contributed by atoms with van der Waals surface area (Å²) in [7, 11) is 2.14. The summed E-state index contributed by atoms with van der Waals surface area (Å²) in [5.41, 5.74) is 0. The highest BCUT2D eigenvalue weighted by atomic mass is 35.5. The van der Waals surface area contributed by atoms with Gasteiger partial charge in [0, 0.05) is 14.2 Å². The Morgan fingerprint density at radius 2 is 1.50 bits per heavy atom. The van der Waals surface area contributed by atoms with E-state index >= 15 is 0 Å². The normalized spacial score (nSPS) is 9.58. The third-order valence-corrected chi connectivity index (χ3v) is 2.93. The molecule has 12 heavy (non-hydrogen) atoms. The quantitative estimate of drug-likeness (QED) is 0.685. The van der Waals surface area contributed by atoms with E-state index in [9.17, 15) is 0 Å². The van der Waals surface area contributed by atoms with E-state index in [1.165, 1.54) is 0 Å². The van der Waals surface area contributed by atoms with Crippen LogP contribution in [-0.4, -0.2) is 23.5 Å². The highest BCUT2D eigenvalue weighted by Gasteiger charge is 2.13.